The summed E-state index contributed by atoms with van der Waals surface area (Å²) in [5.74, 6) is 0. The molecule has 1 heterocycles. The Labute approximate surface area is 134 Å². The van der Waals surface area contributed by atoms with Gasteiger partial charge in [-0.1, -0.05) is 22.0 Å². The molecule has 0 saturated heterocycles. The average molecular weight is 399 g/mol. The highest BCUT2D eigenvalue weighted by Gasteiger charge is 2.11. The van der Waals surface area contributed by atoms with Crippen molar-refractivity contribution in [3.63, 3.8) is 0 Å². The van der Waals surface area contributed by atoms with Gasteiger partial charge < -0.3 is 10.6 Å². The molecular weight excluding hydrogens is 386 g/mol. The van der Waals surface area contributed by atoms with Gasteiger partial charge in [-0.3, -0.25) is 4.98 Å². The minimum atomic E-state index is -0.276. The van der Waals surface area contributed by atoms with Gasteiger partial charge in [-0.15, -0.1) is 0 Å². The first kappa shape index (κ1) is 15.0. The van der Waals surface area contributed by atoms with Crippen LogP contribution in [0.4, 0.5) is 10.5 Å². The van der Waals surface area contributed by atoms with Crippen LogP contribution in [0.1, 0.15) is 18.7 Å². The van der Waals surface area contributed by atoms with Crippen molar-refractivity contribution in [2.75, 3.05) is 5.32 Å². The summed E-state index contributed by atoms with van der Waals surface area (Å²) in [6, 6.07) is 10.8. The van der Waals surface area contributed by atoms with E-state index in [9.17, 15) is 4.79 Å². The van der Waals surface area contributed by atoms with E-state index in [1.807, 2.05) is 43.3 Å². The second kappa shape index (κ2) is 6.85. The van der Waals surface area contributed by atoms with Gasteiger partial charge in [0.1, 0.15) is 0 Å². The highest BCUT2D eigenvalue weighted by atomic mass is 79.9. The first-order valence-corrected chi connectivity index (χ1v) is 7.58. The molecular formula is C14H13Br2N3O. The number of hydrogen-bond acceptors (Lipinski definition) is 2. The molecule has 4 nitrogen and oxygen atoms in total. The molecule has 104 valence electrons. The highest BCUT2D eigenvalue weighted by molar-refractivity contribution is 9.11. The summed E-state index contributed by atoms with van der Waals surface area (Å²) in [7, 11) is 0. The van der Waals surface area contributed by atoms with Crippen molar-refractivity contribution in [3.8, 4) is 0 Å². The Hall–Kier alpha value is -1.40. The molecule has 0 fully saturated rings. The molecule has 0 aliphatic carbocycles. The molecule has 0 radical (unpaired) electrons. The fourth-order valence-corrected chi connectivity index (χ4v) is 2.36. The number of carbonyl (C=O) groups excluding carboxylic acids is 1. The predicted molar refractivity (Wildman–Crippen MR) is 86.6 cm³/mol. The van der Waals surface area contributed by atoms with E-state index in [0.29, 0.717) is 5.69 Å². The molecule has 2 rings (SSSR count). The van der Waals surface area contributed by atoms with E-state index < -0.39 is 0 Å². The predicted octanol–water partition coefficient (Wildman–Crippen LogP) is 4.49. The lowest BCUT2D eigenvalue weighted by Crippen LogP contribution is -2.31. The summed E-state index contributed by atoms with van der Waals surface area (Å²) in [5.41, 5.74) is 1.51. The molecule has 0 aliphatic heterocycles. The number of carbonyl (C=O) groups is 1. The summed E-state index contributed by atoms with van der Waals surface area (Å²) in [4.78, 5) is 16.2. The van der Waals surface area contributed by atoms with Gasteiger partial charge in [0.25, 0.3) is 0 Å². The van der Waals surface area contributed by atoms with Gasteiger partial charge >= 0.3 is 6.03 Å². The zero-order valence-electron chi connectivity index (χ0n) is 10.7. The zero-order valence-corrected chi connectivity index (χ0v) is 13.9. The molecule has 0 spiro atoms. The Bertz CT molecular complexity index is 605. The molecule has 20 heavy (non-hydrogen) atoms. The van der Waals surface area contributed by atoms with Gasteiger partial charge in [-0.2, -0.15) is 0 Å². The smallest absolute Gasteiger partial charge is 0.319 e. The van der Waals surface area contributed by atoms with Gasteiger partial charge in [-0.05, 0) is 53.2 Å². The lowest BCUT2D eigenvalue weighted by molar-refractivity contribution is 0.249. The molecule has 1 aromatic carbocycles. The van der Waals surface area contributed by atoms with Crippen molar-refractivity contribution in [1.29, 1.82) is 0 Å². The minimum absolute atomic E-state index is 0.165. The van der Waals surface area contributed by atoms with E-state index in [1.165, 1.54) is 0 Å². The third-order valence-corrected chi connectivity index (χ3v) is 3.84. The first-order valence-electron chi connectivity index (χ1n) is 6.00. The third kappa shape index (κ3) is 4.05. The van der Waals surface area contributed by atoms with Crippen LogP contribution in [0.2, 0.25) is 0 Å². The van der Waals surface area contributed by atoms with E-state index in [1.54, 1.807) is 6.20 Å². The monoisotopic (exact) mass is 397 g/mol. The van der Waals surface area contributed by atoms with Gasteiger partial charge in [-0.25, -0.2) is 4.79 Å². The Kier molecular flexibility index (Phi) is 5.14. The van der Waals surface area contributed by atoms with Crippen LogP contribution >= 0.6 is 31.9 Å². The molecule has 0 saturated carbocycles. The number of nitrogens with one attached hydrogen (secondary N) is 2. The maximum absolute atomic E-state index is 12.0. The molecule has 1 aromatic heterocycles. The first-order chi connectivity index (χ1) is 9.56. The minimum Gasteiger partial charge on any atom is -0.330 e. The van der Waals surface area contributed by atoms with E-state index in [4.69, 9.17) is 0 Å². The second-order valence-corrected chi connectivity index (χ2v) is 5.97. The molecule has 0 aliphatic rings. The van der Waals surface area contributed by atoms with E-state index in [2.05, 4.69) is 47.5 Å². The van der Waals surface area contributed by atoms with Gasteiger partial charge in [0.15, 0.2) is 0 Å². The van der Waals surface area contributed by atoms with E-state index in [0.717, 1.165) is 14.6 Å². The number of rotatable bonds is 3. The SMILES string of the molecule is CC(NC(=O)Nc1cc(Br)ccc1Br)c1ccccn1. The van der Waals surface area contributed by atoms with Gasteiger partial charge in [0.05, 0.1) is 17.4 Å². The van der Waals surface area contributed by atoms with Crippen LogP contribution in [0.5, 0.6) is 0 Å². The summed E-state index contributed by atoms with van der Waals surface area (Å²) >= 11 is 6.77. The van der Waals surface area contributed by atoms with Crippen LogP contribution in [0, 0.1) is 0 Å². The lowest BCUT2D eigenvalue weighted by atomic mass is 10.2. The van der Waals surface area contributed by atoms with Gasteiger partial charge in [0, 0.05) is 15.1 Å². The average Bonchev–Trinajstić information content (AvgIpc) is 2.43. The Morgan fingerprint density at radius 1 is 1.25 bits per heavy atom. The fraction of sp³-hybridized carbons (Fsp3) is 0.143. The summed E-state index contributed by atoms with van der Waals surface area (Å²) in [5, 5.41) is 5.64. The van der Waals surface area contributed by atoms with Crippen molar-refractivity contribution >= 4 is 43.6 Å². The Morgan fingerprint density at radius 2 is 2.05 bits per heavy atom. The lowest BCUT2D eigenvalue weighted by Gasteiger charge is -2.15. The fourth-order valence-electron chi connectivity index (χ4n) is 1.65. The number of pyridine rings is 1. The molecule has 2 N–H and O–H groups in total. The number of benzene rings is 1. The van der Waals surface area contributed by atoms with Crippen molar-refractivity contribution in [2.45, 2.75) is 13.0 Å². The standard InChI is InChI=1S/C14H13Br2N3O/c1-9(12-4-2-3-7-17-12)18-14(20)19-13-8-10(15)5-6-11(13)16/h2-9H,1H3,(H2,18,19,20). The van der Waals surface area contributed by atoms with Crippen LogP contribution in [0.15, 0.2) is 51.5 Å². The van der Waals surface area contributed by atoms with Crippen LogP contribution in [-0.2, 0) is 0 Å². The van der Waals surface area contributed by atoms with Crippen molar-refractivity contribution < 1.29 is 4.79 Å². The number of nitrogens with zero attached hydrogens (tertiary/aromatic N) is 1. The number of aromatic nitrogens is 1. The van der Waals surface area contributed by atoms with Crippen LogP contribution < -0.4 is 10.6 Å². The summed E-state index contributed by atoms with van der Waals surface area (Å²) < 4.78 is 1.72. The molecule has 2 aromatic rings. The quantitative estimate of drug-likeness (QED) is 0.800. The summed E-state index contributed by atoms with van der Waals surface area (Å²) in [6.45, 7) is 1.89. The maximum Gasteiger partial charge on any atom is 0.319 e. The van der Waals surface area contributed by atoms with Crippen LogP contribution in [0.25, 0.3) is 0 Å². The van der Waals surface area contributed by atoms with Crippen molar-refractivity contribution in [1.82, 2.24) is 10.3 Å². The normalized spacial score (nSPS) is 11.8. The van der Waals surface area contributed by atoms with E-state index >= 15 is 0 Å². The number of anilines is 1. The largest absolute Gasteiger partial charge is 0.330 e. The number of halogens is 2. The summed E-state index contributed by atoms with van der Waals surface area (Å²) in [6.07, 6.45) is 1.70. The molecule has 6 heteroatoms. The maximum atomic E-state index is 12.0. The Balaban J connectivity index is 2.01. The number of urea groups is 1. The number of amides is 2. The van der Waals surface area contributed by atoms with Crippen LogP contribution in [-0.4, -0.2) is 11.0 Å². The highest BCUT2D eigenvalue weighted by Crippen LogP contribution is 2.26. The molecule has 0 bridgehead atoms. The second-order valence-electron chi connectivity index (χ2n) is 4.20. The number of hydrogen-bond donors (Lipinski definition) is 2. The zero-order chi connectivity index (χ0) is 14.5. The Morgan fingerprint density at radius 3 is 2.75 bits per heavy atom. The van der Waals surface area contributed by atoms with Crippen molar-refractivity contribution in [2.24, 2.45) is 0 Å². The van der Waals surface area contributed by atoms with Crippen molar-refractivity contribution in [3.05, 3.63) is 57.2 Å². The van der Waals surface area contributed by atoms with E-state index in [-0.39, 0.29) is 12.1 Å². The topological polar surface area (TPSA) is 54.0 Å². The molecule has 2 amide bonds. The van der Waals surface area contributed by atoms with Gasteiger partial charge in [0.2, 0.25) is 0 Å². The third-order valence-electron chi connectivity index (χ3n) is 2.66. The molecule has 1 atom stereocenters. The van der Waals surface area contributed by atoms with Crippen LogP contribution in [0.3, 0.4) is 0 Å². The molecule has 1 unspecified atom stereocenters.